The first kappa shape index (κ1) is 15.4. The van der Waals surface area contributed by atoms with Crippen LogP contribution in [-0.4, -0.2) is 24.5 Å². The molecule has 0 bridgehead atoms. The third-order valence-corrected chi connectivity index (χ3v) is 4.06. The van der Waals surface area contributed by atoms with E-state index in [0.29, 0.717) is 5.41 Å². The summed E-state index contributed by atoms with van der Waals surface area (Å²) in [5.41, 5.74) is 2.99. The van der Waals surface area contributed by atoms with E-state index in [1.165, 1.54) is 37.2 Å². The van der Waals surface area contributed by atoms with Gasteiger partial charge < -0.3 is 5.32 Å². The van der Waals surface area contributed by atoms with Gasteiger partial charge in [-0.15, -0.1) is 0 Å². The molecular formula is C18H30N2. The molecule has 2 heteroatoms. The van der Waals surface area contributed by atoms with Gasteiger partial charge in [0.25, 0.3) is 0 Å². The van der Waals surface area contributed by atoms with Crippen LogP contribution in [-0.2, 0) is 6.54 Å². The molecule has 0 spiro atoms. The molecular weight excluding hydrogens is 244 g/mol. The largest absolute Gasteiger partial charge is 0.385 e. The molecule has 1 heterocycles. The molecule has 20 heavy (non-hydrogen) atoms. The second-order valence-corrected chi connectivity index (χ2v) is 7.57. The number of hydrogen-bond acceptors (Lipinski definition) is 2. The summed E-state index contributed by atoms with van der Waals surface area (Å²) in [6.45, 7) is 13.8. The van der Waals surface area contributed by atoms with Crippen LogP contribution in [0.25, 0.3) is 0 Å². The number of anilines is 1. The first-order valence-corrected chi connectivity index (χ1v) is 7.97. The highest BCUT2D eigenvalue weighted by Gasteiger charge is 2.15. The van der Waals surface area contributed by atoms with Crippen LogP contribution in [0.15, 0.2) is 24.3 Å². The van der Waals surface area contributed by atoms with E-state index in [9.17, 15) is 0 Å². The van der Waals surface area contributed by atoms with Gasteiger partial charge in [0, 0.05) is 18.8 Å². The van der Waals surface area contributed by atoms with Crippen molar-refractivity contribution in [3.05, 3.63) is 29.8 Å². The molecule has 0 amide bonds. The topological polar surface area (TPSA) is 15.3 Å². The van der Waals surface area contributed by atoms with E-state index in [2.05, 4.69) is 62.2 Å². The maximum Gasteiger partial charge on any atom is 0.0340 e. The van der Waals surface area contributed by atoms with Gasteiger partial charge in [0.05, 0.1) is 0 Å². The molecule has 0 saturated carbocycles. The zero-order valence-electron chi connectivity index (χ0n) is 13.6. The summed E-state index contributed by atoms with van der Waals surface area (Å²) in [6.07, 6.45) is 2.70. The zero-order chi connectivity index (χ0) is 14.6. The Balaban J connectivity index is 1.82. The molecule has 1 aliphatic heterocycles. The van der Waals surface area contributed by atoms with Crippen LogP contribution in [0.5, 0.6) is 0 Å². The lowest BCUT2D eigenvalue weighted by atomic mass is 9.97. The van der Waals surface area contributed by atoms with Crippen molar-refractivity contribution in [2.24, 2.45) is 11.3 Å². The Bertz CT molecular complexity index is 394. The van der Waals surface area contributed by atoms with E-state index in [4.69, 9.17) is 0 Å². The minimum absolute atomic E-state index is 0.323. The Morgan fingerprint density at radius 1 is 1.10 bits per heavy atom. The summed E-state index contributed by atoms with van der Waals surface area (Å²) in [5.74, 6) is 0.912. The Hall–Kier alpha value is -1.02. The van der Waals surface area contributed by atoms with Crippen molar-refractivity contribution in [2.75, 3.05) is 25.0 Å². The van der Waals surface area contributed by atoms with Gasteiger partial charge >= 0.3 is 0 Å². The van der Waals surface area contributed by atoms with Crippen LogP contribution >= 0.6 is 0 Å². The maximum absolute atomic E-state index is 3.51. The quantitative estimate of drug-likeness (QED) is 0.876. The molecule has 1 saturated heterocycles. The van der Waals surface area contributed by atoms with Crippen molar-refractivity contribution < 1.29 is 0 Å². The van der Waals surface area contributed by atoms with Gasteiger partial charge in [0.2, 0.25) is 0 Å². The third kappa shape index (κ3) is 5.16. The minimum Gasteiger partial charge on any atom is -0.385 e. The Morgan fingerprint density at radius 2 is 1.70 bits per heavy atom. The molecule has 0 aromatic heterocycles. The smallest absolute Gasteiger partial charge is 0.0340 e. The lowest BCUT2D eigenvalue weighted by Crippen LogP contribution is -2.32. The molecule has 2 nitrogen and oxygen atoms in total. The zero-order valence-corrected chi connectivity index (χ0v) is 13.6. The van der Waals surface area contributed by atoms with Crippen LogP contribution < -0.4 is 5.32 Å². The number of rotatable bonds is 4. The molecule has 1 aromatic rings. The van der Waals surface area contributed by atoms with Crippen LogP contribution in [0, 0.1) is 11.3 Å². The summed E-state index contributed by atoms with van der Waals surface area (Å²) in [7, 11) is 0. The van der Waals surface area contributed by atoms with E-state index in [-0.39, 0.29) is 0 Å². The Morgan fingerprint density at radius 3 is 2.25 bits per heavy atom. The number of benzene rings is 1. The molecule has 1 aromatic carbocycles. The molecule has 1 aliphatic rings. The van der Waals surface area contributed by atoms with Crippen LogP contribution in [0.4, 0.5) is 5.69 Å². The Labute approximate surface area is 124 Å². The van der Waals surface area contributed by atoms with Gasteiger partial charge in [-0.2, -0.15) is 0 Å². The van der Waals surface area contributed by atoms with Crippen molar-refractivity contribution in [3.8, 4) is 0 Å². The van der Waals surface area contributed by atoms with Crippen LogP contribution in [0.2, 0.25) is 0 Å². The highest BCUT2D eigenvalue weighted by Crippen LogP contribution is 2.20. The standard InChI is InChI=1S/C18H30N2/c1-15-9-11-20(12-10-15)13-16-5-7-17(8-6-16)19-14-18(2,3)4/h5-8,15,19H,9-14H2,1-4H3. The molecule has 0 aliphatic carbocycles. The first-order chi connectivity index (χ1) is 9.42. The van der Waals surface area contributed by atoms with Gasteiger partial charge in [-0.1, -0.05) is 39.8 Å². The third-order valence-electron chi connectivity index (χ3n) is 4.06. The van der Waals surface area contributed by atoms with Gasteiger partial charge in [0.1, 0.15) is 0 Å². The average molecular weight is 274 g/mol. The maximum atomic E-state index is 3.51. The fourth-order valence-corrected chi connectivity index (χ4v) is 2.57. The molecule has 0 atom stereocenters. The highest BCUT2D eigenvalue weighted by molar-refractivity contribution is 5.44. The van der Waals surface area contributed by atoms with Crippen molar-refractivity contribution in [1.82, 2.24) is 4.90 Å². The van der Waals surface area contributed by atoms with Gasteiger partial charge in [-0.3, -0.25) is 4.90 Å². The molecule has 1 N–H and O–H groups in total. The number of nitrogens with zero attached hydrogens (tertiary/aromatic N) is 1. The monoisotopic (exact) mass is 274 g/mol. The summed E-state index contributed by atoms with van der Waals surface area (Å²) in [6, 6.07) is 8.97. The molecule has 112 valence electrons. The fraction of sp³-hybridized carbons (Fsp3) is 0.667. The van der Waals surface area contributed by atoms with E-state index in [1.54, 1.807) is 0 Å². The molecule has 0 unspecified atom stereocenters. The summed E-state index contributed by atoms with van der Waals surface area (Å²) < 4.78 is 0. The van der Waals surface area contributed by atoms with E-state index >= 15 is 0 Å². The number of likely N-dealkylation sites (tertiary alicyclic amines) is 1. The highest BCUT2D eigenvalue weighted by atomic mass is 15.1. The summed E-state index contributed by atoms with van der Waals surface area (Å²) in [4.78, 5) is 2.58. The fourth-order valence-electron chi connectivity index (χ4n) is 2.57. The number of hydrogen-bond donors (Lipinski definition) is 1. The molecule has 2 rings (SSSR count). The van der Waals surface area contributed by atoms with E-state index in [0.717, 1.165) is 19.0 Å². The molecule has 1 fully saturated rings. The van der Waals surface area contributed by atoms with Crippen LogP contribution in [0.3, 0.4) is 0 Å². The van der Waals surface area contributed by atoms with Crippen molar-refractivity contribution in [2.45, 2.75) is 47.1 Å². The van der Waals surface area contributed by atoms with Crippen molar-refractivity contribution >= 4 is 5.69 Å². The second-order valence-electron chi connectivity index (χ2n) is 7.57. The predicted molar refractivity (Wildman–Crippen MR) is 88.1 cm³/mol. The van der Waals surface area contributed by atoms with Gasteiger partial charge in [0.15, 0.2) is 0 Å². The lowest BCUT2D eigenvalue weighted by molar-refractivity contribution is 0.185. The minimum atomic E-state index is 0.323. The predicted octanol–water partition coefficient (Wildman–Crippen LogP) is 4.38. The number of piperidine rings is 1. The summed E-state index contributed by atoms with van der Waals surface area (Å²) in [5, 5.41) is 3.51. The average Bonchev–Trinajstić information content (AvgIpc) is 2.40. The Kier molecular flexibility index (Phi) is 5.09. The lowest BCUT2D eigenvalue weighted by Gasteiger charge is -2.30. The van der Waals surface area contributed by atoms with Crippen molar-refractivity contribution in [3.63, 3.8) is 0 Å². The van der Waals surface area contributed by atoms with E-state index in [1.807, 2.05) is 0 Å². The van der Waals surface area contributed by atoms with Crippen molar-refractivity contribution in [1.29, 1.82) is 0 Å². The number of nitrogens with one attached hydrogen (secondary N) is 1. The van der Waals surface area contributed by atoms with Gasteiger partial charge in [-0.05, 0) is 55.0 Å². The summed E-state index contributed by atoms with van der Waals surface area (Å²) >= 11 is 0. The van der Waals surface area contributed by atoms with E-state index < -0.39 is 0 Å². The van der Waals surface area contributed by atoms with Gasteiger partial charge in [-0.25, -0.2) is 0 Å². The second kappa shape index (κ2) is 6.62. The molecule has 0 radical (unpaired) electrons. The first-order valence-electron chi connectivity index (χ1n) is 7.97. The SMILES string of the molecule is CC1CCN(Cc2ccc(NCC(C)(C)C)cc2)CC1. The normalized spacial score (nSPS) is 18.2. The van der Waals surface area contributed by atoms with Crippen LogP contribution in [0.1, 0.15) is 46.1 Å².